The summed E-state index contributed by atoms with van der Waals surface area (Å²) in [4.78, 5) is 16.2. The maximum Gasteiger partial charge on any atom is 0.272 e. The van der Waals surface area contributed by atoms with Crippen LogP contribution in [0.5, 0.6) is 0 Å². The number of piperidine rings is 1. The average Bonchev–Trinajstić information content (AvgIpc) is 2.94. The molecule has 116 valence electrons. The molecule has 1 aliphatic heterocycles. The Morgan fingerprint density at radius 3 is 2.68 bits per heavy atom. The highest BCUT2D eigenvalue weighted by molar-refractivity contribution is 5.52. The van der Waals surface area contributed by atoms with E-state index < -0.39 is 10.7 Å². The van der Waals surface area contributed by atoms with Crippen LogP contribution in [0.15, 0.2) is 22.7 Å². The van der Waals surface area contributed by atoms with Gasteiger partial charge in [-0.05, 0) is 25.8 Å². The minimum Gasteiger partial charge on any atom is -0.369 e. The molecule has 1 saturated heterocycles. The van der Waals surface area contributed by atoms with E-state index in [1.54, 1.807) is 6.92 Å². The van der Waals surface area contributed by atoms with Gasteiger partial charge in [-0.3, -0.25) is 10.1 Å². The Bertz CT molecular complexity index is 695. The van der Waals surface area contributed by atoms with Gasteiger partial charge >= 0.3 is 0 Å². The van der Waals surface area contributed by atoms with Crippen LogP contribution in [0, 0.1) is 22.9 Å². The molecular formula is C14H15FN4O3. The molecule has 2 aromatic rings. The fourth-order valence-electron chi connectivity index (χ4n) is 2.71. The first kappa shape index (κ1) is 14.4. The molecule has 0 atom stereocenters. The Labute approximate surface area is 125 Å². The van der Waals surface area contributed by atoms with Crippen molar-refractivity contribution in [2.45, 2.75) is 25.7 Å². The van der Waals surface area contributed by atoms with Crippen molar-refractivity contribution in [2.75, 3.05) is 18.0 Å². The molecule has 1 aliphatic rings. The molecule has 22 heavy (non-hydrogen) atoms. The molecule has 0 spiro atoms. The number of benzene rings is 1. The molecule has 0 amide bonds. The normalized spacial score (nSPS) is 16.0. The lowest BCUT2D eigenvalue weighted by atomic mass is 9.96. The van der Waals surface area contributed by atoms with Crippen LogP contribution in [0.3, 0.4) is 0 Å². The van der Waals surface area contributed by atoms with Crippen molar-refractivity contribution < 1.29 is 13.8 Å². The summed E-state index contributed by atoms with van der Waals surface area (Å²) in [7, 11) is 0. The van der Waals surface area contributed by atoms with E-state index in [0.29, 0.717) is 30.5 Å². The van der Waals surface area contributed by atoms with Gasteiger partial charge < -0.3 is 9.42 Å². The highest BCUT2D eigenvalue weighted by atomic mass is 19.1. The van der Waals surface area contributed by atoms with Gasteiger partial charge in [-0.15, -0.1) is 0 Å². The van der Waals surface area contributed by atoms with Crippen molar-refractivity contribution in [3.63, 3.8) is 0 Å². The number of nitrogens with zero attached hydrogens (tertiary/aromatic N) is 4. The van der Waals surface area contributed by atoms with E-state index in [9.17, 15) is 14.5 Å². The number of aryl methyl sites for hydroxylation is 1. The van der Waals surface area contributed by atoms with Gasteiger partial charge in [0.1, 0.15) is 0 Å². The average molecular weight is 306 g/mol. The highest BCUT2D eigenvalue weighted by Gasteiger charge is 2.26. The SMILES string of the molecule is Cc1noc(C2CCN(c3ccc([N+](=O)[O-])cc3F)CC2)n1. The topological polar surface area (TPSA) is 85.3 Å². The zero-order chi connectivity index (χ0) is 15.7. The van der Waals surface area contributed by atoms with Crippen molar-refractivity contribution >= 4 is 11.4 Å². The first-order chi connectivity index (χ1) is 10.5. The van der Waals surface area contributed by atoms with Crippen LogP contribution in [-0.4, -0.2) is 28.2 Å². The first-order valence-corrected chi connectivity index (χ1v) is 7.03. The number of hydrogen-bond donors (Lipinski definition) is 0. The maximum atomic E-state index is 14.0. The van der Waals surface area contributed by atoms with Gasteiger partial charge in [0, 0.05) is 25.1 Å². The van der Waals surface area contributed by atoms with Crippen molar-refractivity contribution in [1.82, 2.24) is 10.1 Å². The molecule has 8 heteroatoms. The van der Waals surface area contributed by atoms with Crippen molar-refractivity contribution in [2.24, 2.45) is 0 Å². The number of non-ortho nitro benzene ring substituents is 1. The molecule has 0 saturated carbocycles. The standard InChI is InChI=1S/C14H15FN4O3/c1-9-16-14(22-17-9)10-4-6-18(7-5-10)13-3-2-11(19(20)21)8-12(13)15/h2-3,8,10H,4-7H2,1H3. The number of nitro benzene ring substituents is 1. The fourth-order valence-corrected chi connectivity index (χ4v) is 2.71. The summed E-state index contributed by atoms with van der Waals surface area (Å²) in [5.41, 5.74) is 0.156. The molecule has 2 heterocycles. The lowest BCUT2D eigenvalue weighted by molar-refractivity contribution is -0.385. The summed E-state index contributed by atoms with van der Waals surface area (Å²) in [6, 6.07) is 3.75. The minimum absolute atomic E-state index is 0.179. The molecule has 0 N–H and O–H groups in total. The van der Waals surface area contributed by atoms with E-state index in [0.717, 1.165) is 18.9 Å². The highest BCUT2D eigenvalue weighted by Crippen LogP contribution is 2.31. The second-order valence-electron chi connectivity index (χ2n) is 5.33. The van der Waals surface area contributed by atoms with Crippen LogP contribution >= 0.6 is 0 Å². The predicted octanol–water partition coefficient (Wildman–Crippen LogP) is 2.81. The Hall–Kier alpha value is -2.51. The van der Waals surface area contributed by atoms with Crippen molar-refractivity contribution in [1.29, 1.82) is 0 Å². The minimum atomic E-state index is -0.600. The smallest absolute Gasteiger partial charge is 0.272 e. The van der Waals surface area contributed by atoms with Gasteiger partial charge in [0.2, 0.25) is 5.89 Å². The molecule has 1 fully saturated rings. The van der Waals surface area contributed by atoms with Gasteiger partial charge in [0.25, 0.3) is 5.69 Å². The summed E-state index contributed by atoms with van der Waals surface area (Å²) in [6.07, 6.45) is 1.55. The number of aromatic nitrogens is 2. The summed E-state index contributed by atoms with van der Waals surface area (Å²) in [6.45, 7) is 3.05. The number of nitro groups is 1. The molecule has 0 radical (unpaired) electrons. The summed E-state index contributed by atoms with van der Waals surface area (Å²) in [5.74, 6) is 0.847. The molecule has 7 nitrogen and oxygen atoms in total. The van der Waals surface area contributed by atoms with Gasteiger partial charge in [-0.1, -0.05) is 5.16 Å². The fraction of sp³-hybridized carbons (Fsp3) is 0.429. The molecular weight excluding hydrogens is 291 g/mol. The van der Waals surface area contributed by atoms with Crippen LogP contribution in [-0.2, 0) is 0 Å². The van der Waals surface area contributed by atoms with E-state index in [-0.39, 0.29) is 11.6 Å². The van der Waals surface area contributed by atoms with Crippen molar-refractivity contribution in [3.05, 3.63) is 45.8 Å². The van der Waals surface area contributed by atoms with Gasteiger partial charge in [-0.2, -0.15) is 4.98 Å². The van der Waals surface area contributed by atoms with E-state index in [4.69, 9.17) is 4.52 Å². The van der Waals surface area contributed by atoms with E-state index in [2.05, 4.69) is 10.1 Å². The Kier molecular flexibility index (Phi) is 3.74. The number of halogens is 1. The Balaban J connectivity index is 1.70. The second-order valence-corrected chi connectivity index (χ2v) is 5.33. The van der Waals surface area contributed by atoms with Gasteiger partial charge in [-0.25, -0.2) is 4.39 Å². The van der Waals surface area contributed by atoms with Crippen LogP contribution in [0.4, 0.5) is 15.8 Å². The molecule has 1 aromatic carbocycles. The quantitative estimate of drug-likeness (QED) is 0.640. The third-order valence-electron chi connectivity index (χ3n) is 3.87. The molecule has 1 aromatic heterocycles. The molecule has 0 unspecified atom stereocenters. The Morgan fingerprint density at radius 1 is 1.41 bits per heavy atom. The zero-order valence-corrected chi connectivity index (χ0v) is 12.0. The van der Waals surface area contributed by atoms with E-state index in [1.165, 1.54) is 12.1 Å². The lowest BCUT2D eigenvalue weighted by Gasteiger charge is -2.32. The second kappa shape index (κ2) is 5.70. The third-order valence-corrected chi connectivity index (χ3v) is 3.87. The molecule has 3 rings (SSSR count). The van der Waals surface area contributed by atoms with Crippen LogP contribution in [0.1, 0.15) is 30.5 Å². The van der Waals surface area contributed by atoms with E-state index >= 15 is 0 Å². The summed E-state index contributed by atoms with van der Waals surface area (Å²) >= 11 is 0. The number of rotatable bonds is 3. The first-order valence-electron chi connectivity index (χ1n) is 7.03. The molecule has 0 aliphatic carbocycles. The maximum absolute atomic E-state index is 14.0. The van der Waals surface area contributed by atoms with E-state index in [1.807, 2.05) is 4.90 Å². The van der Waals surface area contributed by atoms with Crippen molar-refractivity contribution in [3.8, 4) is 0 Å². The largest absolute Gasteiger partial charge is 0.369 e. The van der Waals surface area contributed by atoms with Crippen LogP contribution in [0.2, 0.25) is 0 Å². The Morgan fingerprint density at radius 2 is 2.14 bits per heavy atom. The van der Waals surface area contributed by atoms with Gasteiger partial charge in [0.05, 0.1) is 16.7 Å². The lowest BCUT2D eigenvalue weighted by Crippen LogP contribution is -2.33. The predicted molar refractivity (Wildman–Crippen MR) is 76.3 cm³/mol. The number of anilines is 1. The van der Waals surface area contributed by atoms with Crippen LogP contribution < -0.4 is 4.90 Å². The monoisotopic (exact) mass is 306 g/mol. The summed E-state index contributed by atoms with van der Waals surface area (Å²) in [5, 5.41) is 14.4. The number of hydrogen-bond acceptors (Lipinski definition) is 6. The zero-order valence-electron chi connectivity index (χ0n) is 12.0. The molecule has 0 bridgehead atoms. The van der Waals surface area contributed by atoms with Gasteiger partial charge in [0.15, 0.2) is 11.6 Å². The van der Waals surface area contributed by atoms with Crippen LogP contribution in [0.25, 0.3) is 0 Å². The summed E-state index contributed by atoms with van der Waals surface area (Å²) < 4.78 is 19.2. The third kappa shape index (κ3) is 2.76.